The second-order valence-electron chi connectivity index (χ2n) is 7.86. The Morgan fingerprint density at radius 3 is 2.79 bits per heavy atom. The highest BCUT2D eigenvalue weighted by Gasteiger charge is 2.23. The first-order chi connectivity index (χ1) is 14.2. The third-order valence-electron chi connectivity index (χ3n) is 5.65. The predicted octanol–water partition coefficient (Wildman–Crippen LogP) is 2.63. The summed E-state index contributed by atoms with van der Waals surface area (Å²) in [4.78, 5) is 18.8. The van der Waals surface area contributed by atoms with E-state index in [1.54, 1.807) is 0 Å². The monoisotopic (exact) mass is 402 g/mol. The molecule has 0 aromatic heterocycles. The zero-order valence-corrected chi connectivity index (χ0v) is 17.7. The van der Waals surface area contributed by atoms with E-state index < -0.39 is 0 Å². The van der Waals surface area contributed by atoms with Crippen molar-refractivity contribution in [1.29, 1.82) is 0 Å². The second kappa shape index (κ2) is 11.2. The maximum absolute atomic E-state index is 12.2. The highest BCUT2D eigenvalue weighted by atomic mass is 16.5. The van der Waals surface area contributed by atoms with Crippen LogP contribution in [-0.4, -0.2) is 63.3 Å². The SMILES string of the molecule is CN=C(NCc1cccc(NC(=O)C2CCCO2)c1)N(C)CCC1CCOCC1. The lowest BCUT2D eigenvalue weighted by Crippen LogP contribution is -2.39. The maximum Gasteiger partial charge on any atom is 0.253 e. The van der Waals surface area contributed by atoms with Gasteiger partial charge in [0.1, 0.15) is 6.10 Å². The quantitative estimate of drug-likeness (QED) is 0.542. The van der Waals surface area contributed by atoms with Crippen molar-refractivity contribution in [2.45, 2.75) is 44.8 Å². The van der Waals surface area contributed by atoms with Crippen LogP contribution < -0.4 is 10.6 Å². The fourth-order valence-corrected chi connectivity index (χ4v) is 3.85. The molecule has 7 nitrogen and oxygen atoms in total. The molecule has 2 N–H and O–H groups in total. The molecule has 2 aliphatic rings. The molecule has 1 amide bonds. The van der Waals surface area contributed by atoms with Crippen LogP contribution in [0.25, 0.3) is 0 Å². The molecule has 1 aromatic carbocycles. The molecule has 2 fully saturated rings. The average molecular weight is 403 g/mol. The van der Waals surface area contributed by atoms with Crippen LogP contribution in [0.2, 0.25) is 0 Å². The first kappa shape index (κ1) is 21.6. The van der Waals surface area contributed by atoms with Gasteiger partial charge in [-0.15, -0.1) is 0 Å². The fraction of sp³-hybridized carbons (Fsp3) is 0.636. The smallest absolute Gasteiger partial charge is 0.253 e. The molecule has 2 aliphatic heterocycles. The van der Waals surface area contributed by atoms with Crippen molar-refractivity contribution in [3.63, 3.8) is 0 Å². The van der Waals surface area contributed by atoms with Crippen molar-refractivity contribution in [2.75, 3.05) is 45.8 Å². The summed E-state index contributed by atoms with van der Waals surface area (Å²) in [6, 6.07) is 7.91. The van der Waals surface area contributed by atoms with Crippen LogP contribution in [0, 0.1) is 5.92 Å². The Balaban J connectivity index is 1.46. The van der Waals surface area contributed by atoms with Crippen LogP contribution in [-0.2, 0) is 20.8 Å². The number of rotatable bonds is 7. The zero-order chi connectivity index (χ0) is 20.5. The number of ether oxygens (including phenoxy) is 2. The molecule has 1 aromatic rings. The van der Waals surface area contributed by atoms with Crippen LogP contribution in [0.1, 0.15) is 37.7 Å². The van der Waals surface area contributed by atoms with Gasteiger partial charge in [0.05, 0.1) is 0 Å². The normalized spacial score (nSPS) is 20.5. The Kier molecular flexibility index (Phi) is 8.31. The lowest BCUT2D eigenvalue weighted by atomic mass is 9.96. The molecule has 2 heterocycles. The van der Waals surface area contributed by atoms with Gasteiger partial charge in [0.25, 0.3) is 5.91 Å². The predicted molar refractivity (Wildman–Crippen MR) is 115 cm³/mol. The largest absolute Gasteiger partial charge is 0.381 e. The molecule has 29 heavy (non-hydrogen) atoms. The van der Waals surface area contributed by atoms with E-state index in [1.165, 1.54) is 0 Å². The molecule has 0 aliphatic carbocycles. The lowest BCUT2D eigenvalue weighted by molar-refractivity contribution is -0.124. The molecule has 7 heteroatoms. The Bertz CT molecular complexity index is 682. The Hall–Kier alpha value is -2.12. The molecular formula is C22H34N4O3. The number of nitrogens with one attached hydrogen (secondary N) is 2. The van der Waals surface area contributed by atoms with Gasteiger partial charge in [0.2, 0.25) is 0 Å². The standard InChI is InChI=1S/C22H34N4O3/c1-23-22(26(2)11-8-17-9-13-28-14-10-17)24-16-18-5-3-6-19(15-18)25-21(27)20-7-4-12-29-20/h3,5-6,15,17,20H,4,7-14,16H2,1-2H3,(H,23,24)(H,25,27). The average Bonchev–Trinajstić information content (AvgIpc) is 3.29. The number of carbonyl (C=O) groups is 1. The van der Waals surface area contributed by atoms with Gasteiger partial charge in [-0.2, -0.15) is 0 Å². The Morgan fingerprint density at radius 1 is 1.24 bits per heavy atom. The van der Waals surface area contributed by atoms with Crippen molar-refractivity contribution in [3.8, 4) is 0 Å². The van der Waals surface area contributed by atoms with Gasteiger partial charge in [-0.05, 0) is 55.7 Å². The minimum atomic E-state index is -0.319. The summed E-state index contributed by atoms with van der Waals surface area (Å²) >= 11 is 0. The number of hydrogen-bond acceptors (Lipinski definition) is 4. The van der Waals surface area contributed by atoms with Crippen LogP contribution >= 0.6 is 0 Å². The van der Waals surface area contributed by atoms with Crippen molar-refractivity contribution in [3.05, 3.63) is 29.8 Å². The number of benzene rings is 1. The Morgan fingerprint density at radius 2 is 2.07 bits per heavy atom. The summed E-state index contributed by atoms with van der Waals surface area (Å²) in [5.41, 5.74) is 1.89. The summed E-state index contributed by atoms with van der Waals surface area (Å²) in [6.45, 7) is 4.07. The first-order valence-corrected chi connectivity index (χ1v) is 10.7. The molecule has 2 saturated heterocycles. The lowest BCUT2D eigenvalue weighted by Gasteiger charge is -2.27. The maximum atomic E-state index is 12.2. The second-order valence-corrected chi connectivity index (χ2v) is 7.86. The topological polar surface area (TPSA) is 75.2 Å². The first-order valence-electron chi connectivity index (χ1n) is 10.7. The van der Waals surface area contributed by atoms with Gasteiger partial charge < -0.3 is 25.0 Å². The van der Waals surface area contributed by atoms with Gasteiger partial charge in [0.15, 0.2) is 5.96 Å². The van der Waals surface area contributed by atoms with E-state index in [2.05, 4.69) is 27.6 Å². The van der Waals surface area contributed by atoms with Crippen LogP contribution in [0.15, 0.2) is 29.3 Å². The van der Waals surface area contributed by atoms with Gasteiger partial charge in [-0.3, -0.25) is 9.79 Å². The number of hydrogen-bond donors (Lipinski definition) is 2. The number of carbonyl (C=O) groups excluding carboxylic acids is 1. The molecule has 160 valence electrons. The summed E-state index contributed by atoms with van der Waals surface area (Å²) in [5.74, 6) is 1.57. The van der Waals surface area contributed by atoms with Gasteiger partial charge in [-0.1, -0.05) is 12.1 Å². The molecule has 1 unspecified atom stereocenters. The van der Waals surface area contributed by atoms with Crippen LogP contribution in [0.5, 0.6) is 0 Å². The molecule has 0 saturated carbocycles. The van der Waals surface area contributed by atoms with E-state index >= 15 is 0 Å². The van der Waals surface area contributed by atoms with Crippen molar-refractivity contribution in [1.82, 2.24) is 10.2 Å². The number of guanidine groups is 1. The van der Waals surface area contributed by atoms with Gasteiger partial charge in [0, 0.05) is 52.7 Å². The number of amides is 1. The third kappa shape index (κ3) is 6.72. The summed E-state index contributed by atoms with van der Waals surface area (Å²) < 4.78 is 10.9. The summed E-state index contributed by atoms with van der Waals surface area (Å²) in [5, 5.41) is 6.39. The Labute approximate surface area is 173 Å². The minimum Gasteiger partial charge on any atom is -0.381 e. The van der Waals surface area contributed by atoms with Crippen molar-refractivity contribution in [2.24, 2.45) is 10.9 Å². The van der Waals surface area contributed by atoms with E-state index in [0.717, 1.165) is 75.0 Å². The van der Waals surface area contributed by atoms with Crippen molar-refractivity contribution >= 4 is 17.6 Å². The van der Waals surface area contributed by atoms with E-state index in [1.807, 2.05) is 31.3 Å². The molecule has 0 radical (unpaired) electrons. The molecule has 1 atom stereocenters. The molecular weight excluding hydrogens is 368 g/mol. The highest BCUT2D eigenvalue weighted by Crippen LogP contribution is 2.19. The third-order valence-corrected chi connectivity index (χ3v) is 5.65. The molecule has 0 bridgehead atoms. The van der Waals surface area contributed by atoms with E-state index in [9.17, 15) is 4.79 Å². The number of aliphatic imine (C=N–C) groups is 1. The van der Waals surface area contributed by atoms with E-state index in [4.69, 9.17) is 9.47 Å². The van der Waals surface area contributed by atoms with E-state index in [0.29, 0.717) is 13.2 Å². The highest BCUT2D eigenvalue weighted by molar-refractivity contribution is 5.94. The summed E-state index contributed by atoms with van der Waals surface area (Å²) in [7, 11) is 3.89. The summed E-state index contributed by atoms with van der Waals surface area (Å²) in [6.07, 6.45) is 4.90. The zero-order valence-electron chi connectivity index (χ0n) is 17.7. The van der Waals surface area contributed by atoms with Gasteiger partial charge in [-0.25, -0.2) is 0 Å². The number of anilines is 1. The fourth-order valence-electron chi connectivity index (χ4n) is 3.85. The number of nitrogens with zero attached hydrogens (tertiary/aromatic N) is 2. The van der Waals surface area contributed by atoms with Crippen LogP contribution in [0.4, 0.5) is 5.69 Å². The van der Waals surface area contributed by atoms with E-state index in [-0.39, 0.29) is 12.0 Å². The van der Waals surface area contributed by atoms with Crippen LogP contribution in [0.3, 0.4) is 0 Å². The molecule has 0 spiro atoms. The minimum absolute atomic E-state index is 0.0590. The molecule has 3 rings (SSSR count). The van der Waals surface area contributed by atoms with Crippen molar-refractivity contribution < 1.29 is 14.3 Å². The van der Waals surface area contributed by atoms with Gasteiger partial charge >= 0.3 is 0 Å².